The van der Waals surface area contributed by atoms with Crippen LogP contribution < -0.4 is 20.3 Å². The average molecular weight is 439 g/mol. The van der Waals surface area contributed by atoms with Gasteiger partial charge in [0, 0.05) is 31.7 Å². The number of carbonyl (C=O) groups is 2. The summed E-state index contributed by atoms with van der Waals surface area (Å²) in [4.78, 5) is 30.3. The summed E-state index contributed by atoms with van der Waals surface area (Å²) in [5.74, 6) is 0.874. The van der Waals surface area contributed by atoms with Crippen LogP contribution >= 0.6 is 0 Å². The minimum absolute atomic E-state index is 0.186. The minimum Gasteiger partial charge on any atom is -0.496 e. The Kier molecular flexibility index (Phi) is 8.08. The van der Waals surface area contributed by atoms with Crippen LogP contribution in [0, 0.1) is 0 Å². The van der Waals surface area contributed by atoms with Gasteiger partial charge in [-0.05, 0) is 48.7 Å². The number of nitrogens with one attached hydrogen (secondary N) is 2. The van der Waals surface area contributed by atoms with Crippen LogP contribution in [0.3, 0.4) is 0 Å². The van der Waals surface area contributed by atoms with E-state index in [1.165, 1.54) is 14.2 Å². The minimum atomic E-state index is -0.447. The summed E-state index contributed by atoms with van der Waals surface area (Å²) in [6.07, 6.45) is 1.54. The Morgan fingerprint density at radius 2 is 1.84 bits per heavy atom. The molecule has 0 spiro atoms. The van der Waals surface area contributed by atoms with E-state index in [0.29, 0.717) is 36.8 Å². The quantitative estimate of drug-likeness (QED) is 0.374. The highest BCUT2D eigenvalue weighted by Gasteiger charge is 2.21. The van der Waals surface area contributed by atoms with Crippen molar-refractivity contribution in [2.24, 2.45) is 4.99 Å². The number of rotatable bonds is 8. The zero-order chi connectivity index (χ0) is 22.9. The van der Waals surface area contributed by atoms with Crippen molar-refractivity contribution in [2.75, 3.05) is 32.2 Å². The normalized spacial score (nSPS) is 13.8. The van der Waals surface area contributed by atoms with Crippen molar-refractivity contribution in [1.29, 1.82) is 0 Å². The van der Waals surface area contributed by atoms with Crippen molar-refractivity contribution in [3.8, 4) is 5.75 Å². The Balaban J connectivity index is 1.64. The second-order valence-electron chi connectivity index (χ2n) is 7.39. The Hall–Kier alpha value is -3.55. The van der Waals surface area contributed by atoms with Gasteiger partial charge in [0.15, 0.2) is 5.96 Å². The summed E-state index contributed by atoms with van der Waals surface area (Å²) < 4.78 is 10.1. The van der Waals surface area contributed by atoms with Gasteiger partial charge in [-0.2, -0.15) is 0 Å². The van der Waals surface area contributed by atoms with Crippen molar-refractivity contribution in [3.63, 3.8) is 0 Å². The number of esters is 1. The summed E-state index contributed by atoms with van der Waals surface area (Å²) >= 11 is 0. The molecular formula is C24H30N4O4. The molecule has 2 N–H and O–H groups in total. The molecule has 0 radical (unpaired) electrons. The van der Waals surface area contributed by atoms with Crippen LogP contribution in [0.5, 0.6) is 5.75 Å². The summed E-state index contributed by atoms with van der Waals surface area (Å²) in [6.45, 7) is 4.49. The molecule has 1 amide bonds. The first-order valence-corrected chi connectivity index (χ1v) is 10.7. The Morgan fingerprint density at radius 3 is 2.47 bits per heavy atom. The molecule has 1 aliphatic rings. The molecule has 0 aromatic heterocycles. The van der Waals surface area contributed by atoms with E-state index >= 15 is 0 Å². The van der Waals surface area contributed by atoms with Crippen molar-refractivity contribution < 1.29 is 19.1 Å². The van der Waals surface area contributed by atoms with Gasteiger partial charge < -0.3 is 25.0 Å². The molecule has 0 bridgehead atoms. The van der Waals surface area contributed by atoms with E-state index < -0.39 is 5.97 Å². The van der Waals surface area contributed by atoms with Crippen LogP contribution in [0.15, 0.2) is 47.5 Å². The lowest BCUT2D eigenvalue weighted by molar-refractivity contribution is -0.117. The fourth-order valence-electron chi connectivity index (χ4n) is 3.54. The van der Waals surface area contributed by atoms with Crippen LogP contribution in [0.1, 0.15) is 41.3 Å². The predicted molar refractivity (Wildman–Crippen MR) is 124 cm³/mol. The highest BCUT2D eigenvalue weighted by molar-refractivity contribution is 5.95. The largest absolute Gasteiger partial charge is 0.496 e. The van der Waals surface area contributed by atoms with Gasteiger partial charge in [0.1, 0.15) is 11.3 Å². The lowest BCUT2D eigenvalue weighted by Crippen LogP contribution is -2.36. The number of aliphatic imine (C=N–C) groups is 1. The Labute approximate surface area is 188 Å². The molecule has 32 heavy (non-hydrogen) atoms. The molecule has 1 fully saturated rings. The number of hydrogen-bond acceptors (Lipinski definition) is 5. The smallest absolute Gasteiger partial charge is 0.341 e. The molecule has 1 aliphatic heterocycles. The van der Waals surface area contributed by atoms with Gasteiger partial charge in [0.25, 0.3) is 0 Å². The van der Waals surface area contributed by atoms with E-state index in [4.69, 9.17) is 9.47 Å². The van der Waals surface area contributed by atoms with Crippen LogP contribution in [0.25, 0.3) is 0 Å². The second kappa shape index (κ2) is 11.2. The fourth-order valence-corrected chi connectivity index (χ4v) is 3.54. The molecule has 1 heterocycles. The molecule has 8 heteroatoms. The first kappa shape index (κ1) is 23.1. The molecule has 8 nitrogen and oxygen atoms in total. The molecule has 170 valence electrons. The third-order valence-electron chi connectivity index (χ3n) is 5.21. The first-order valence-electron chi connectivity index (χ1n) is 10.7. The van der Waals surface area contributed by atoms with Gasteiger partial charge in [-0.3, -0.25) is 4.79 Å². The zero-order valence-electron chi connectivity index (χ0n) is 18.8. The Bertz CT molecular complexity index is 972. The van der Waals surface area contributed by atoms with Crippen molar-refractivity contribution >= 4 is 23.5 Å². The average Bonchev–Trinajstić information content (AvgIpc) is 3.26. The maximum atomic E-state index is 12.0. The number of carbonyl (C=O) groups excluding carboxylic acids is 2. The van der Waals surface area contributed by atoms with Gasteiger partial charge in [-0.15, -0.1) is 0 Å². The molecular weight excluding hydrogens is 408 g/mol. The number of hydrogen-bond donors (Lipinski definition) is 2. The maximum absolute atomic E-state index is 12.0. The molecule has 0 saturated carbocycles. The molecule has 3 rings (SSSR count). The van der Waals surface area contributed by atoms with E-state index in [2.05, 4.69) is 15.6 Å². The van der Waals surface area contributed by atoms with Crippen LogP contribution in [0.4, 0.5) is 5.69 Å². The summed E-state index contributed by atoms with van der Waals surface area (Å²) in [7, 11) is 2.86. The highest BCUT2D eigenvalue weighted by atomic mass is 16.5. The van der Waals surface area contributed by atoms with Crippen LogP contribution in [-0.2, 0) is 22.6 Å². The second-order valence-corrected chi connectivity index (χ2v) is 7.39. The summed E-state index contributed by atoms with van der Waals surface area (Å²) in [5, 5.41) is 6.54. The predicted octanol–water partition coefficient (Wildman–Crippen LogP) is 2.86. The number of methoxy groups -OCH3 is 2. The van der Waals surface area contributed by atoms with Gasteiger partial charge in [0.2, 0.25) is 5.91 Å². The number of nitrogens with zero attached hydrogens (tertiary/aromatic N) is 2. The molecule has 0 aliphatic carbocycles. The lowest BCUT2D eigenvalue weighted by atomic mass is 10.1. The molecule has 0 unspecified atom stereocenters. The molecule has 1 saturated heterocycles. The van der Waals surface area contributed by atoms with E-state index in [1.54, 1.807) is 12.1 Å². The number of ether oxygens (including phenoxy) is 2. The highest BCUT2D eigenvalue weighted by Crippen LogP contribution is 2.22. The topological polar surface area (TPSA) is 92.3 Å². The third kappa shape index (κ3) is 5.78. The Morgan fingerprint density at radius 1 is 1.09 bits per heavy atom. The van der Waals surface area contributed by atoms with Crippen molar-refractivity contribution in [1.82, 2.24) is 10.6 Å². The lowest BCUT2D eigenvalue weighted by Gasteiger charge is -2.16. The van der Waals surface area contributed by atoms with Gasteiger partial charge in [-0.25, -0.2) is 9.79 Å². The van der Waals surface area contributed by atoms with Gasteiger partial charge >= 0.3 is 5.97 Å². The van der Waals surface area contributed by atoms with Crippen molar-refractivity contribution in [3.05, 3.63) is 59.2 Å². The molecule has 0 atom stereocenters. The van der Waals surface area contributed by atoms with Gasteiger partial charge in [-0.1, -0.05) is 18.2 Å². The standard InChI is InChI=1S/C24H30N4O4/c1-4-25-24(27-16-18-9-12-21(31-2)20(14-18)23(30)32-3)26-15-17-7-10-19(11-8-17)28-13-5-6-22(28)29/h7-12,14H,4-6,13,15-16H2,1-3H3,(H2,25,26,27). The van der Waals surface area contributed by atoms with Crippen LogP contribution in [-0.4, -0.2) is 45.1 Å². The number of anilines is 1. The number of benzene rings is 2. The SMILES string of the molecule is CCNC(=NCc1ccc(OC)c(C(=O)OC)c1)NCc1ccc(N2CCCC2=O)cc1. The molecule has 2 aromatic rings. The van der Waals surface area contributed by atoms with E-state index in [1.807, 2.05) is 42.2 Å². The summed E-state index contributed by atoms with van der Waals surface area (Å²) in [6, 6.07) is 13.3. The summed E-state index contributed by atoms with van der Waals surface area (Å²) in [5.41, 5.74) is 3.27. The maximum Gasteiger partial charge on any atom is 0.341 e. The van der Waals surface area contributed by atoms with Crippen LogP contribution in [0.2, 0.25) is 0 Å². The van der Waals surface area contributed by atoms with E-state index in [9.17, 15) is 9.59 Å². The fraction of sp³-hybridized carbons (Fsp3) is 0.375. The zero-order valence-corrected chi connectivity index (χ0v) is 18.8. The number of amides is 1. The molecule has 2 aromatic carbocycles. The van der Waals surface area contributed by atoms with E-state index in [-0.39, 0.29) is 5.91 Å². The first-order chi connectivity index (χ1) is 15.5. The third-order valence-corrected chi connectivity index (χ3v) is 5.21. The van der Waals surface area contributed by atoms with Gasteiger partial charge in [0.05, 0.1) is 20.8 Å². The van der Waals surface area contributed by atoms with E-state index in [0.717, 1.165) is 36.3 Å². The monoisotopic (exact) mass is 438 g/mol. The van der Waals surface area contributed by atoms with Crippen molar-refractivity contribution in [2.45, 2.75) is 32.9 Å². The number of guanidine groups is 1.